The zero-order valence-electron chi connectivity index (χ0n) is 10.9. The van der Waals surface area contributed by atoms with E-state index in [0.29, 0.717) is 0 Å². The third-order valence-corrected chi connectivity index (χ3v) is 2.56. The van der Waals surface area contributed by atoms with Crippen LogP contribution in [0.3, 0.4) is 0 Å². The summed E-state index contributed by atoms with van der Waals surface area (Å²) < 4.78 is 17.8. The van der Waals surface area contributed by atoms with E-state index in [-0.39, 0.29) is 12.3 Å². The standard InChI is InChI=1S/C15H13FNO3/c1-19-17(11-12-5-3-2-4-6-12)15(18)20-14-9-7-13(16)8-10-14/h3-10H,11H2,1H3. The van der Waals surface area contributed by atoms with E-state index in [9.17, 15) is 9.18 Å². The van der Waals surface area contributed by atoms with E-state index in [1.165, 1.54) is 31.4 Å². The lowest BCUT2D eigenvalue weighted by Crippen LogP contribution is -2.32. The summed E-state index contributed by atoms with van der Waals surface area (Å²) in [4.78, 5) is 16.9. The number of rotatable bonds is 4. The molecule has 0 saturated heterocycles. The van der Waals surface area contributed by atoms with Gasteiger partial charge in [0.25, 0.3) is 0 Å². The Morgan fingerprint density at radius 3 is 2.45 bits per heavy atom. The van der Waals surface area contributed by atoms with Crippen molar-refractivity contribution in [1.82, 2.24) is 5.06 Å². The molecule has 0 fully saturated rings. The predicted octanol–water partition coefficient (Wildman–Crippen LogP) is 3.19. The Bertz CT molecular complexity index is 557. The molecule has 4 nitrogen and oxygen atoms in total. The lowest BCUT2D eigenvalue weighted by Gasteiger charge is -2.19. The van der Waals surface area contributed by atoms with Crippen molar-refractivity contribution >= 4 is 6.09 Å². The maximum atomic E-state index is 12.8. The molecular formula is C15H13FNO3. The van der Waals surface area contributed by atoms with E-state index >= 15 is 0 Å². The highest BCUT2D eigenvalue weighted by molar-refractivity contribution is 5.69. The Morgan fingerprint density at radius 1 is 1.20 bits per heavy atom. The van der Waals surface area contributed by atoms with Crippen LogP contribution in [0.15, 0.2) is 48.5 Å². The molecule has 0 bridgehead atoms. The van der Waals surface area contributed by atoms with Crippen molar-refractivity contribution in [2.45, 2.75) is 6.54 Å². The maximum Gasteiger partial charge on any atom is 0.439 e. The minimum atomic E-state index is -0.674. The van der Waals surface area contributed by atoms with E-state index in [4.69, 9.17) is 9.57 Å². The van der Waals surface area contributed by atoms with Gasteiger partial charge in [0.05, 0.1) is 13.7 Å². The van der Waals surface area contributed by atoms with Crippen LogP contribution in [0.2, 0.25) is 0 Å². The first-order chi connectivity index (χ1) is 9.69. The van der Waals surface area contributed by atoms with E-state index in [1.54, 1.807) is 12.1 Å². The van der Waals surface area contributed by atoms with Crippen molar-refractivity contribution in [1.29, 1.82) is 0 Å². The van der Waals surface area contributed by atoms with Gasteiger partial charge < -0.3 is 4.74 Å². The van der Waals surface area contributed by atoms with Crippen molar-refractivity contribution < 1.29 is 18.8 Å². The second-order valence-electron chi connectivity index (χ2n) is 3.95. The molecule has 0 aliphatic heterocycles. The molecular weight excluding hydrogens is 261 g/mol. The number of amides is 1. The number of benzene rings is 2. The van der Waals surface area contributed by atoms with Crippen LogP contribution in [-0.4, -0.2) is 18.3 Å². The average molecular weight is 274 g/mol. The van der Waals surface area contributed by atoms with Gasteiger partial charge in [-0.25, -0.2) is 9.18 Å². The highest BCUT2D eigenvalue weighted by atomic mass is 19.1. The van der Waals surface area contributed by atoms with Crippen LogP contribution in [0.25, 0.3) is 0 Å². The minimum absolute atomic E-state index is 0.241. The molecule has 2 rings (SSSR count). The number of halogens is 1. The quantitative estimate of drug-likeness (QED) is 0.804. The van der Waals surface area contributed by atoms with Gasteiger partial charge in [0, 0.05) is 0 Å². The number of ether oxygens (including phenoxy) is 1. The minimum Gasteiger partial charge on any atom is -0.409 e. The molecule has 2 aromatic carbocycles. The first-order valence-electron chi connectivity index (χ1n) is 5.93. The molecule has 0 aromatic heterocycles. The Kier molecular flexibility index (Phi) is 4.68. The number of hydrogen-bond donors (Lipinski definition) is 0. The second kappa shape index (κ2) is 6.68. The molecule has 5 heteroatoms. The Hall–Kier alpha value is -2.40. The van der Waals surface area contributed by atoms with Crippen LogP contribution < -0.4 is 4.74 Å². The fourth-order valence-electron chi connectivity index (χ4n) is 1.55. The molecule has 0 unspecified atom stereocenters. The van der Waals surface area contributed by atoms with Crippen LogP contribution in [0, 0.1) is 11.9 Å². The van der Waals surface area contributed by atoms with E-state index < -0.39 is 11.9 Å². The van der Waals surface area contributed by atoms with Crippen molar-refractivity contribution in [2.24, 2.45) is 0 Å². The highest BCUT2D eigenvalue weighted by Crippen LogP contribution is 2.13. The van der Waals surface area contributed by atoms with Gasteiger partial charge in [0.1, 0.15) is 11.6 Å². The highest BCUT2D eigenvalue weighted by Gasteiger charge is 2.16. The fraction of sp³-hybridized carbons (Fsp3) is 0.133. The SMILES string of the molecule is CON(Cc1cc[c]cc1)C(=O)Oc1ccc(F)cc1. The third kappa shape index (κ3) is 3.80. The number of hydroxylamine groups is 2. The molecule has 1 amide bonds. The largest absolute Gasteiger partial charge is 0.439 e. The molecule has 0 heterocycles. The monoisotopic (exact) mass is 274 g/mol. The van der Waals surface area contributed by atoms with Gasteiger partial charge in [-0.2, -0.15) is 5.06 Å². The molecule has 0 atom stereocenters. The molecule has 0 aliphatic rings. The lowest BCUT2D eigenvalue weighted by molar-refractivity contribution is -0.106. The zero-order chi connectivity index (χ0) is 14.4. The van der Waals surface area contributed by atoms with Crippen molar-refractivity contribution in [3.63, 3.8) is 0 Å². The van der Waals surface area contributed by atoms with Gasteiger partial charge in [-0.3, -0.25) is 4.84 Å². The Labute approximate surface area is 116 Å². The summed E-state index contributed by atoms with van der Waals surface area (Å²) in [6.07, 6.45) is -0.674. The lowest BCUT2D eigenvalue weighted by atomic mass is 10.2. The van der Waals surface area contributed by atoms with Gasteiger partial charge in [0.15, 0.2) is 0 Å². The summed E-state index contributed by atoms with van der Waals surface area (Å²) in [5, 5.41) is 1.07. The molecule has 0 N–H and O–H groups in total. The first kappa shape index (κ1) is 14.0. The van der Waals surface area contributed by atoms with E-state index in [1.807, 2.05) is 12.1 Å². The fourth-order valence-corrected chi connectivity index (χ4v) is 1.55. The molecule has 103 valence electrons. The summed E-state index contributed by atoms with van der Waals surface area (Å²) >= 11 is 0. The van der Waals surface area contributed by atoms with Crippen LogP contribution in [-0.2, 0) is 11.4 Å². The number of hydrogen-bond acceptors (Lipinski definition) is 3. The van der Waals surface area contributed by atoms with Crippen LogP contribution in [0.5, 0.6) is 5.75 Å². The molecule has 2 aromatic rings. The summed E-state index contributed by atoms with van der Waals surface area (Å²) in [7, 11) is 1.38. The van der Waals surface area contributed by atoms with Gasteiger partial charge in [-0.1, -0.05) is 24.3 Å². The Balaban J connectivity index is 2.00. The Morgan fingerprint density at radius 2 is 1.85 bits per heavy atom. The van der Waals surface area contributed by atoms with Gasteiger partial charge >= 0.3 is 6.09 Å². The number of carbonyl (C=O) groups excluding carboxylic acids is 1. The van der Waals surface area contributed by atoms with Crippen LogP contribution >= 0.6 is 0 Å². The number of carbonyl (C=O) groups is 1. The normalized spacial score (nSPS) is 10.1. The van der Waals surface area contributed by atoms with Gasteiger partial charge in [-0.15, -0.1) is 0 Å². The van der Waals surface area contributed by atoms with Gasteiger partial charge in [0.2, 0.25) is 0 Å². The summed E-state index contributed by atoms with van der Waals surface area (Å²) in [6, 6.07) is 15.2. The smallest absolute Gasteiger partial charge is 0.409 e. The summed E-state index contributed by atoms with van der Waals surface area (Å²) in [5.41, 5.74) is 0.877. The van der Waals surface area contributed by atoms with Crippen molar-refractivity contribution in [3.8, 4) is 5.75 Å². The first-order valence-corrected chi connectivity index (χ1v) is 5.93. The summed E-state index contributed by atoms with van der Waals surface area (Å²) in [5.74, 6) is -0.145. The van der Waals surface area contributed by atoms with Crippen LogP contribution in [0.4, 0.5) is 9.18 Å². The molecule has 20 heavy (non-hydrogen) atoms. The van der Waals surface area contributed by atoms with Crippen molar-refractivity contribution in [3.05, 3.63) is 66.0 Å². The topological polar surface area (TPSA) is 38.8 Å². The molecule has 0 saturated carbocycles. The van der Waals surface area contributed by atoms with E-state index in [2.05, 4.69) is 6.07 Å². The molecule has 0 spiro atoms. The van der Waals surface area contributed by atoms with E-state index in [0.717, 1.165) is 10.6 Å². The number of nitrogens with zero attached hydrogens (tertiary/aromatic N) is 1. The third-order valence-electron chi connectivity index (χ3n) is 2.56. The van der Waals surface area contributed by atoms with Gasteiger partial charge in [-0.05, 0) is 35.9 Å². The predicted molar refractivity (Wildman–Crippen MR) is 70.3 cm³/mol. The summed E-state index contributed by atoms with van der Waals surface area (Å²) in [6.45, 7) is 0.241. The second-order valence-corrected chi connectivity index (χ2v) is 3.95. The zero-order valence-corrected chi connectivity index (χ0v) is 10.9. The van der Waals surface area contributed by atoms with Crippen LogP contribution in [0.1, 0.15) is 5.56 Å². The average Bonchev–Trinajstić information content (AvgIpc) is 2.48. The molecule has 1 radical (unpaired) electrons. The maximum absolute atomic E-state index is 12.8. The molecule has 0 aliphatic carbocycles. The van der Waals surface area contributed by atoms with Crippen molar-refractivity contribution in [2.75, 3.05) is 7.11 Å².